The van der Waals surface area contributed by atoms with Crippen molar-refractivity contribution in [1.29, 1.82) is 0 Å². The van der Waals surface area contributed by atoms with Crippen LogP contribution in [0.1, 0.15) is 5.48 Å². The summed E-state index contributed by atoms with van der Waals surface area (Å²) in [4.78, 5) is 3.74. The number of fused-ring (bicyclic) bond motifs is 1. The van der Waals surface area contributed by atoms with Gasteiger partial charge in [-0.2, -0.15) is 0 Å². The Labute approximate surface area is 107 Å². The summed E-state index contributed by atoms with van der Waals surface area (Å²) in [6.07, 6.45) is -0.656. The van der Waals surface area contributed by atoms with E-state index in [1.54, 1.807) is 18.2 Å². The molecule has 1 unspecified atom stereocenters. The van der Waals surface area contributed by atoms with Crippen LogP contribution >= 0.6 is 15.9 Å². The van der Waals surface area contributed by atoms with Gasteiger partial charge in [-0.05, 0) is 18.2 Å². The summed E-state index contributed by atoms with van der Waals surface area (Å²) in [6, 6.07) is 5.30. The second kappa shape index (κ2) is 3.97. The monoisotopic (exact) mass is 286 g/mol. The Hall–Kier alpha value is -1.23. The van der Waals surface area contributed by atoms with Crippen LogP contribution in [0.5, 0.6) is 11.5 Å². The van der Waals surface area contributed by atoms with Gasteiger partial charge in [-0.15, -0.1) is 0 Å². The van der Waals surface area contributed by atoms with Crippen LogP contribution in [0.25, 0.3) is 0 Å². The molecule has 16 heavy (non-hydrogen) atoms. The Morgan fingerprint density at radius 3 is 3.25 bits per heavy atom. The normalized spacial score (nSPS) is 32.6. The number of benzene rings is 1. The average molecular weight is 287 g/mol. The number of nitrogens with one attached hydrogen (secondary N) is 1. The summed E-state index contributed by atoms with van der Waals surface area (Å²) < 4.78 is 42.3. The fourth-order valence-corrected chi connectivity index (χ4v) is 1.88. The van der Waals surface area contributed by atoms with Crippen LogP contribution in [0.15, 0.2) is 27.7 Å². The highest BCUT2D eigenvalue weighted by Crippen LogP contribution is 2.34. The Morgan fingerprint density at radius 1 is 1.50 bits per heavy atom. The van der Waals surface area contributed by atoms with Crippen LogP contribution in [-0.4, -0.2) is 31.5 Å². The fraction of sp³-hybridized carbons (Fsp3) is 0.364. The van der Waals surface area contributed by atoms with Crippen molar-refractivity contribution in [2.75, 3.05) is 19.6 Å². The number of nitrogens with zero attached hydrogens (tertiary/aromatic N) is 1. The molecule has 0 saturated carbocycles. The molecule has 2 heterocycles. The van der Waals surface area contributed by atoms with Gasteiger partial charge in [0, 0.05) is 11.0 Å². The molecule has 0 bridgehead atoms. The van der Waals surface area contributed by atoms with Gasteiger partial charge < -0.3 is 14.8 Å². The second-order valence-electron chi connectivity index (χ2n) is 3.37. The first-order valence-electron chi connectivity index (χ1n) is 6.75. The first kappa shape index (κ1) is 6.49. The first-order valence-corrected chi connectivity index (χ1v) is 5.55. The molecular formula is C11H11BrN2O2. The van der Waals surface area contributed by atoms with Crippen LogP contribution < -0.4 is 14.8 Å². The van der Waals surface area contributed by atoms with E-state index in [0.29, 0.717) is 11.5 Å². The topological polar surface area (TPSA) is 42.9 Å². The number of aliphatic imine (C=N–C) groups is 1. The van der Waals surface area contributed by atoms with E-state index in [1.165, 1.54) is 0 Å². The molecule has 1 aromatic rings. The molecule has 2 aliphatic rings. The Morgan fingerprint density at radius 2 is 2.44 bits per heavy atom. The van der Waals surface area contributed by atoms with Gasteiger partial charge >= 0.3 is 0 Å². The van der Waals surface area contributed by atoms with Gasteiger partial charge in [0.05, 0.1) is 12.0 Å². The molecule has 1 atom stereocenters. The molecule has 1 aromatic carbocycles. The molecule has 5 heteroatoms. The highest BCUT2D eigenvalue weighted by atomic mass is 79.9. The first-order chi connectivity index (χ1) is 9.28. The molecule has 84 valence electrons. The van der Waals surface area contributed by atoms with Crippen molar-refractivity contribution in [3.05, 3.63) is 22.7 Å². The number of amidine groups is 1. The van der Waals surface area contributed by atoms with Gasteiger partial charge in [-0.3, -0.25) is 4.99 Å². The van der Waals surface area contributed by atoms with Gasteiger partial charge in [0.15, 0.2) is 17.6 Å². The third kappa shape index (κ3) is 1.75. The van der Waals surface area contributed by atoms with Crippen molar-refractivity contribution in [2.24, 2.45) is 4.99 Å². The standard InChI is InChI=1S/C11H11BrN2O2/c12-7-1-2-8-9(5-7)15-6-10(16-8)11-13-3-4-14-11/h1-2,5,10H,3-4,6H2,(H,13,14)/i3D2,4D2. The highest BCUT2D eigenvalue weighted by Gasteiger charge is 2.26. The van der Waals surface area contributed by atoms with E-state index in [1.807, 2.05) is 0 Å². The van der Waals surface area contributed by atoms with Gasteiger partial charge in [0.1, 0.15) is 12.4 Å². The maximum atomic E-state index is 7.57. The predicted octanol–water partition coefficient (Wildman–Crippen LogP) is 1.59. The van der Waals surface area contributed by atoms with Crippen molar-refractivity contribution >= 4 is 21.8 Å². The summed E-state index contributed by atoms with van der Waals surface area (Å²) in [5.41, 5.74) is 0. The fourth-order valence-electron chi connectivity index (χ4n) is 1.54. The van der Waals surface area contributed by atoms with E-state index in [2.05, 4.69) is 26.2 Å². The minimum Gasteiger partial charge on any atom is -0.485 e. The van der Waals surface area contributed by atoms with E-state index in [9.17, 15) is 0 Å². The zero-order chi connectivity index (χ0) is 14.5. The lowest BCUT2D eigenvalue weighted by Crippen LogP contribution is -2.42. The van der Waals surface area contributed by atoms with Gasteiger partial charge in [-0.25, -0.2) is 0 Å². The highest BCUT2D eigenvalue weighted by molar-refractivity contribution is 9.10. The van der Waals surface area contributed by atoms with Crippen LogP contribution in [0.2, 0.25) is 0 Å². The van der Waals surface area contributed by atoms with Crippen LogP contribution in [0, 0.1) is 0 Å². The van der Waals surface area contributed by atoms with Crippen molar-refractivity contribution in [1.82, 2.24) is 5.32 Å². The third-order valence-corrected chi connectivity index (χ3v) is 2.79. The van der Waals surface area contributed by atoms with Crippen LogP contribution in [0.3, 0.4) is 0 Å². The Bertz CT molecular complexity index is 594. The van der Waals surface area contributed by atoms with E-state index in [4.69, 9.17) is 15.0 Å². The molecule has 0 amide bonds. The molecule has 0 fully saturated rings. The lowest BCUT2D eigenvalue weighted by atomic mass is 10.2. The summed E-state index contributed by atoms with van der Waals surface area (Å²) in [5, 5.41) is 2.43. The molecule has 4 nitrogen and oxygen atoms in total. The summed E-state index contributed by atoms with van der Waals surface area (Å²) in [7, 11) is 0. The summed E-state index contributed by atoms with van der Waals surface area (Å²) in [6.45, 7) is -4.45. The Balaban J connectivity index is 1.84. The zero-order valence-corrected chi connectivity index (χ0v) is 9.74. The summed E-state index contributed by atoms with van der Waals surface area (Å²) in [5.74, 6) is 1.22. The summed E-state index contributed by atoms with van der Waals surface area (Å²) >= 11 is 3.33. The molecule has 0 aliphatic carbocycles. The number of rotatable bonds is 1. The average Bonchev–Trinajstić information content (AvgIpc) is 2.58. The van der Waals surface area contributed by atoms with E-state index < -0.39 is 19.1 Å². The second-order valence-corrected chi connectivity index (χ2v) is 4.28. The van der Waals surface area contributed by atoms with Gasteiger partial charge in [0.25, 0.3) is 0 Å². The third-order valence-electron chi connectivity index (χ3n) is 2.29. The largest absolute Gasteiger partial charge is 0.485 e. The number of ether oxygens (including phenoxy) is 2. The molecule has 0 spiro atoms. The maximum absolute atomic E-state index is 7.57. The SMILES string of the molecule is [2H]C1([2H])N=C(C2COc3cc(Br)ccc3O2)NC1([2H])[2H]. The van der Waals surface area contributed by atoms with E-state index >= 15 is 0 Å². The zero-order valence-electron chi connectivity index (χ0n) is 12.2. The quantitative estimate of drug-likeness (QED) is 0.853. The number of hydrogen-bond acceptors (Lipinski definition) is 4. The number of hydrogen-bond donors (Lipinski definition) is 1. The van der Waals surface area contributed by atoms with Crippen LogP contribution in [0.4, 0.5) is 0 Å². The lowest BCUT2D eigenvalue weighted by molar-refractivity contribution is 0.133. The van der Waals surface area contributed by atoms with Crippen molar-refractivity contribution in [2.45, 2.75) is 6.10 Å². The van der Waals surface area contributed by atoms with Crippen molar-refractivity contribution in [3.63, 3.8) is 0 Å². The smallest absolute Gasteiger partial charge is 0.189 e. The lowest BCUT2D eigenvalue weighted by Gasteiger charge is -2.26. The molecule has 0 saturated heterocycles. The number of halogens is 1. The predicted molar refractivity (Wildman–Crippen MR) is 64.4 cm³/mol. The molecule has 0 aromatic heterocycles. The van der Waals surface area contributed by atoms with E-state index in [0.717, 1.165) is 4.47 Å². The van der Waals surface area contributed by atoms with Crippen molar-refractivity contribution < 1.29 is 15.0 Å². The Kier molecular flexibility index (Phi) is 1.61. The molecule has 2 aliphatic heterocycles. The maximum Gasteiger partial charge on any atom is 0.189 e. The van der Waals surface area contributed by atoms with Crippen molar-refractivity contribution in [3.8, 4) is 11.5 Å². The molecule has 3 rings (SSSR count). The van der Waals surface area contributed by atoms with Crippen LogP contribution in [-0.2, 0) is 0 Å². The van der Waals surface area contributed by atoms with Gasteiger partial charge in [-0.1, -0.05) is 15.9 Å². The minimum atomic E-state index is -2.33. The molecule has 1 N–H and O–H groups in total. The minimum absolute atomic E-state index is 0.119. The molecule has 0 radical (unpaired) electrons. The molecular weight excluding hydrogens is 272 g/mol. The van der Waals surface area contributed by atoms with E-state index in [-0.39, 0.29) is 12.4 Å². The van der Waals surface area contributed by atoms with Gasteiger partial charge in [0.2, 0.25) is 0 Å².